The van der Waals surface area contributed by atoms with Crippen molar-refractivity contribution in [3.63, 3.8) is 0 Å². The van der Waals surface area contributed by atoms with Gasteiger partial charge in [-0.2, -0.15) is 10.2 Å². The molecule has 9 heteroatoms. The van der Waals surface area contributed by atoms with Gasteiger partial charge in [-0.25, -0.2) is 0 Å². The Morgan fingerprint density at radius 3 is 2.85 bits per heavy atom. The van der Waals surface area contributed by atoms with Gasteiger partial charge in [0, 0.05) is 39.4 Å². The van der Waals surface area contributed by atoms with E-state index >= 15 is 0 Å². The minimum atomic E-state index is -0.802. The molecule has 0 aliphatic carbocycles. The number of fused-ring (bicyclic) bond motifs is 1. The summed E-state index contributed by atoms with van der Waals surface area (Å²) in [7, 11) is 1.80. The maximum Gasteiger partial charge on any atom is 0.236 e. The van der Waals surface area contributed by atoms with Gasteiger partial charge in [0.05, 0.1) is 43.4 Å². The minimum Gasteiger partial charge on any atom is -0.380 e. The molecule has 26 heavy (non-hydrogen) atoms. The number of aliphatic hydroxyl groups excluding tert-OH is 1. The lowest BCUT2D eigenvalue weighted by Gasteiger charge is -2.31. The van der Waals surface area contributed by atoms with Crippen molar-refractivity contribution < 1.29 is 14.6 Å². The van der Waals surface area contributed by atoms with E-state index in [1.807, 2.05) is 15.6 Å². The smallest absolute Gasteiger partial charge is 0.236 e. The van der Waals surface area contributed by atoms with E-state index in [1.54, 1.807) is 24.0 Å². The first-order valence-electron chi connectivity index (χ1n) is 8.92. The van der Waals surface area contributed by atoms with E-state index < -0.39 is 6.10 Å². The van der Waals surface area contributed by atoms with Crippen molar-refractivity contribution in [1.82, 2.24) is 29.4 Å². The lowest BCUT2D eigenvalue weighted by molar-refractivity contribution is -0.136. The summed E-state index contributed by atoms with van der Waals surface area (Å²) in [6, 6.07) is 3.71. The van der Waals surface area contributed by atoms with Crippen LogP contribution in [0, 0.1) is 0 Å². The average Bonchev–Trinajstić information content (AvgIpc) is 3.27. The van der Waals surface area contributed by atoms with Gasteiger partial charge in [-0.1, -0.05) is 0 Å². The molecule has 1 atom stereocenters. The van der Waals surface area contributed by atoms with Gasteiger partial charge in [0.15, 0.2) is 0 Å². The van der Waals surface area contributed by atoms with Gasteiger partial charge in [-0.3, -0.25) is 19.1 Å². The lowest BCUT2D eigenvalue weighted by Crippen LogP contribution is -2.47. The number of nitrogens with zero attached hydrogens (tertiary/aromatic N) is 6. The number of ether oxygens (including phenoxy) is 1. The minimum absolute atomic E-state index is 0.149. The molecule has 1 fully saturated rings. The molecule has 140 valence electrons. The van der Waals surface area contributed by atoms with E-state index in [2.05, 4.69) is 15.1 Å². The largest absolute Gasteiger partial charge is 0.380 e. The van der Waals surface area contributed by atoms with Crippen LogP contribution >= 0.6 is 0 Å². The van der Waals surface area contributed by atoms with Crippen molar-refractivity contribution in [1.29, 1.82) is 0 Å². The van der Waals surface area contributed by atoms with Crippen molar-refractivity contribution in [2.45, 2.75) is 19.2 Å². The molecule has 9 nitrogen and oxygen atoms in total. The number of carbonyl (C=O) groups is 1. The van der Waals surface area contributed by atoms with Crippen LogP contribution < -0.4 is 0 Å². The van der Waals surface area contributed by atoms with Crippen molar-refractivity contribution in [3.05, 3.63) is 35.4 Å². The van der Waals surface area contributed by atoms with Crippen molar-refractivity contribution in [2.75, 3.05) is 39.4 Å². The van der Waals surface area contributed by atoms with Crippen LogP contribution in [0.4, 0.5) is 0 Å². The molecule has 2 aliphatic heterocycles. The number of aryl methyl sites for hydroxylation is 1. The SMILES string of the molecule is Cn1nccc1C(O)c1cc2n(n1)CCN(CC(=O)N1CCOCC1)C2. The summed E-state index contributed by atoms with van der Waals surface area (Å²) in [6.45, 7) is 5.13. The number of hydrogen-bond donors (Lipinski definition) is 1. The molecule has 0 spiro atoms. The van der Waals surface area contributed by atoms with Crippen molar-refractivity contribution >= 4 is 5.91 Å². The monoisotopic (exact) mass is 360 g/mol. The highest BCUT2D eigenvalue weighted by atomic mass is 16.5. The van der Waals surface area contributed by atoms with Gasteiger partial charge in [-0.05, 0) is 12.1 Å². The normalized spacial score (nSPS) is 19.4. The summed E-state index contributed by atoms with van der Waals surface area (Å²) in [5.41, 5.74) is 2.34. The van der Waals surface area contributed by atoms with E-state index in [-0.39, 0.29) is 5.91 Å². The molecule has 1 unspecified atom stereocenters. The van der Waals surface area contributed by atoms with Crippen molar-refractivity contribution in [3.8, 4) is 0 Å². The second-order valence-corrected chi connectivity index (χ2v) is 6.77. The molecular formula is C17H24N6O3. The summed E-state index contributed by atoms with van der Waals surface area (Å²) in [5.74, 6) is 0.149. The molecular weight excluding hydrogens is 336 g/mol. The van der Waals surface area contributed by atoms with Crippen LogP contribution in [0.5, 0.6) is 0 Å². The average molecular weight is 360 g/mol. The number of rotatable bonds is 4. The molecule has 0 saturated carbocycles. The van der Waals surface area contributed by atoms with E-state index in [0.717, 1.165) is 12.2 Å². The van der Waals surface area contributed by atoms with Gasteiger partial charge in [0.2, 0.25) is 5.91 Å². The number of hydrogen-bond acceptors (Lipinski definition) is 6. The zero-order chi connectivity index (χ0) is 18.1. The Morgan fingerprint density at radius 1 is 1.31 bits per heavy atom. The molecule has 0 aromatic carbocycles. The molecule has 2 aliphatic rings. The summed E-state index contributed by atoms with van der Waals surface area (Å²) < 4.78 is 8.87. The Balaban J connectivity index is 1.42. The Bertz CT molecular complexity index is 779. The Hall–Kier alpha value is -2.23. The first kappa shape index (κ1) is 17.2. The lowest BCUT2D eigenvalue weighted by atomic mass is 10.1. The van der Waals surface area contributed by atoms with E-state index in [4.69, 9.17) is 4.74 Å². The highest BCUT2D eigenvalue weighted by Crippen LogP contribution is 2.23. The number of morpholine rings is 1. The Kier molecular flexibility index (Phi) is 4.75. The first-order chi connectivity index (χ1) is 12.6. The van der Waals surface area contributed by atoms with Crippen LogP contribution in [0.15, 0.2) is 18.3 Å². The first-order valence-corrected chi connectivity index (χ1v) is 8.92. The van der Waals surface area contributed by atoms with Gasteiger partial charge in [0.1, 0.15) is 6.10 Å². The third-order valence-corrected chi connectivity index (χ3v) is 5.04. The van der Waals surface area contributed by atoms with Gasteiger partial charge in [-0.15, -0.1) is 0 Å². The molecule has 1 N–H and O–H groups in total. The standard InChI is InChI=1S/C17H24N6O3/c1-20-15(2-3-18-20)17(25)14-10-13-11-21(4-5-23(13)19-14)12-16(24)22-6-8-26-9-7-22/h2-3,10,17,25H,4-9,11-12H2,1H3. The van der Waals surface area contributed by atoms with Gasteiger partial charge >= 0.3 is 0 Å². The summed E-state index contributed by atoms with van der Waals surface area (Å²) in [4.78, 5) is 16.4. The van der Waals surface area contributed by atoms with E-state index in [9.17, 15) is 9.90 Å². The number of amides is 1. The van der Waals surface area contributed by atoms with E-state index in [0.29, 0.717) is 57.3 Å². The highest BCUT2D eigenvalue weighted by Gasteiger charge is 2.26. The van der Waals surface area contributed by atoms with E-state index in [1.165, 1.54) is 0 Å². The molecule has 0 bridgehead atoms. The van der Waals surface area contributed by atoms with Crippen LogP contribution in [-0.4, -0.2) is 79.8 Å². The summed E-state index contributed by atoms with van der Waals surface area (Å²) in [6.07, 6.45) is 0.858. The van der Waals surface area contributed by atoms with Gasteiger partial charge in [0.25, 0.3) is 0 Å². The van der Waals surface area contributed by atoms with Crippen LogP contribution in [0.2, 0.25) is 0 Å². The predicted octanol–water partition coefficient (Wildman–Crippen LogP) is -0.627. The maximum absolute atomic E-state index is 12.4. The predicted molar refractivity (Wildman–Crippen MR) is 92.2 cm³/mol. The molecule has 2 aromatic rings. The highest BCUT2D eigenvalue weighted by molar-refractivity contribution is 5.78. The Morgan fingerprint density at radius 2 is 2.12 bits per heavy atom. The molecule has 2 aromatic heterocycles. The van der Waals surface area contributed by atoms with Gasteiger partial charge < -0.3 is 14.7 Å². The fraction of sp³-hybridized carbons (Fsp3) is 0.588. The fourth-order valence-corrected chi connectivity index (χ4v) is 3.52. The second-order valence-electron chi connectivity index (χ2n) is 6.77. The van der Waals surface area contributed by atoms with Crippen LogP contribution in [0.3, 0.4) is 0 Å². The summed E-state index contributed by atoms with van der Waals surface area (Å²) >= 11 is 0. The maximum atomic E-state index is 12.4. The number of aliphatic hydroxyl groups is 1. The molecule has 4 heterocycles. The third kappa shape index (κ3) is 3.37. The fourth-order valence-electron chi connectivity index (χ4n) is 3.52. The molecule has 1 saturated heterocycles. The van der Waals surface area contributed by atoms with Crippen LogP contribution in [-0.2, 0) is 29.7 Å². The Labute approximate surface area is 151 Å². The molecule has 1 amide bonds. The second kappa shape index (κ2) is 7.18. The quantitative estimate of drug-likeness (QED) is 0.781. The molecule has 0 radical (unpaired) electrons. The van der Waals surface area contributed by atoms with Crippen molar-refractivity contribution in [2.24, 2.45) is 7.05 Å². The summed E-state index contributed by atoms with van der Waals surface area (Å²) in [5, 5.41) is 19.2. The number of carbonyl (C=O) groups excluding carboxylic acids is 1. The molecule has 4 rings (SSSR count). The number of aromatic nitrogens is 4. The topological polar surface area (TPSA) is 88.7 Å². The van der Waals surface area contributed by atoms with Crippen LogP contribution in [0.1, 0.15) is 23.2 Å². The zero-order valence-electron chi connectivity index (χ0n) is 14.9. The van der Waals surface area contributed by atoms with Crippen LogP contribution in [0.25, 0.3) is 0 Å². The zero-order valence-corrected chi connectivity index (χ0v) is 14.9. The third-order valence-electron chi connectivity index (χ3n) is 5.04.